The van der Waals surface area contributed by atoms with Gasteiger partial charge in [0.2, 0.25) is 5.91 Å². The van der Waals surface area contributed by atoms with Gasteiger partial charge in [-0.05, 0) is 6.07 Å². The third kappa shape index (κ3) is 4.32. The van der Waals surface area contributed by atoms with Crippen LogP contribution in [0.5, 0.6) is 0 Å². The standard InChI is InChI=1S/C12H18N4O4/c17-11(9-16-3-1-10(14-16)12(18)19)13-2-4-15-5-7-20-8-6-15/h1,3H,2,4-9H2,(H,13,17)(H,18,19). The van der Waals surface area contributed by atoms with Crippen molar-refractivity contribution in [2.75, 3.05) is 39.4 Å². The maximum Gasteiger partial charge on any atom is 0.356 e. The van der Waals surface area contributed by atoms with Gasteiger partial charge in [0.25, 0.3) is 0 Å². The molecule has 110 valence electrons. The average molecular weight is 282 g/mol. The van der Waals surface area contributed by atoms with Crippen LogP contribution in [-0.2, 0) is 16.1 Å². The Hall–Kier alpha value is -1.93. The minimum Gasteiger partial charge on any atom is -0.476 e. The summed E-state index contributed by atoms with van der Waals surface area (Å²) in [6.45, 7) is 4.61. The largest absolute Gasteiger partial charge is 0.476 e. The van der Waals surface area contributed by atoms with Crippen molar-refractivity contribution in [3.63, 3.8) is 0 Å². The Labute approximate surface area is 116 Å². The van der Waals surface area contributed by atoms with Gasteiger partial charge in [-0.3, -0.25) is 14.4 Å². The number of morpholine rings is 1. The first-order valence-corrected chi connectivity index (χ1v) is 6.49. The Balaban J connectivity index is 1.67. The number of nitrogens with zero attached hydrogens (tertiary/aromatic N) is 3. The Morgan fingerprint density at radius 3 is 2.80 bits per heavy atom. The molecule has 0 atom stereocenters. The molecule has 1 saturated heterocycles. The van der Waals surface area contributed by atoms with Crippen LogP contribution in [0.3, 0.4) is 0 Å². The molecule has 0 aliphatic carbocycles. The van der Waals surface area contributed by atoms with Crippen LogP contribution in [0.15, 0.2) is 12.3 Å². The van der Waals surface area contributed by atoms with Crippen molar-refractivity contribution < 1.29 is 19.4 Å². The lowest BCUT2D eigenvalue weighted by Gasteiger charge is -2.26. The number of aromatic nitrogens is 2. The van der Waals surface area contributed by atoms with Crippen LogP contribution < -0.4 is 5.32 Å². The summed E-state index contributed by atoms with van der Waals surface area (Å²) >= 11 is 0. The van der Waals surface area contributed by atoms with Crippen molar-refractivity contribution in [2.24, 2.45) is 0 Å². The first-order chi connectivity index (χ1) is 9.65. The molecule has 1 fully saturated rings. The second-order valence-electron chi connectivity index (χ2n) is 4.51. The number of carbonyl (C=O) groups excluding carboxylic acids is 1. The van der Waals surface area contributed by atoms with Gasteiger partial charge in [-0.15, -0.1) is 0 Å². The first kappa shape index (κ1) is 14.5. The molecule has 20 heavy (non-hydrogen) atoms. The number of hydrogen-bond acceptors (Lipinski definition) is 5. The highest BCUT2D eigenvalue weighted by molar-refractivity contribution is 5.85. The van der Waals surface area contributed by atoms with Gasteiger partial charge in [-0.1, -0.05) is 0 Å². The van der Waals surface area contributed by atoms with E-state index in [9.17, 15) is 9.59 Å². The van der Waals surface area contributed by atoms with Gasteiger partial charge in [0.15, 0.2) is 5.69 Å². The molecule has 1 aliphatic heterocycles. The predicted octanol–water partition coefficient (Wildman–Crippen LogP) is -0.970. The van der Waals surface area contributed by atoms with Crippen molar-refractivity contribution >= 4 is 11.9 Å². The quantitative estimate of drug-likeness (QED) is 0.697. The van der Waals surface area contributed by atoms with Crippen LogP contribution >= 0.6 is 0 Å². The van der Waals surface area contributed by atoms with E-state index in [1.807, 2.05) is 0 Å². The SMILES string of the molecule is O=C(Cn1ccc(C(=O)O)n1)NCCN1CCOCC1. The van der Waals surface area contributed by atoms with Gasteiger partial charge < -0.3 is 15.2 Å². The molecule has 1 aliphatic rings. The van der Waals surface area contributed by atoms with Gasteiger partial charge in [0, 0.05) is 32.4 Å². The molecule has 2 N–H and O–H groups in total. The van der Waals surface area contributed by atoms with E-state index in [2.05, 4.69) is 15.3 Å². The van der Waals surface area contributed by atoms with E-state index < -0.39 is 5.97 Å². The van der Waals surface area contributed by atoms with Crippen LogP contribution in [0.2, 0.25) is 0 Å². The summed E-state index contributed by atoms with van der Waals surface area (Å²) < 4.78 is 6.55. The van der Waals surface area contributed by atoms with Crippen molar-refractivity contribution in [3.8, 4) is 0 Å². The molecule has 8 nitrogen and oxygen atoms in total. The number of carboxylic acid groups (broad SMARTS) is 1. The van der Waals surface area contributed by atoms with Crippen LogP contribution in [0.1, 0.15) is 10.5 Å². The van der Waals surface area contributed by atoms with Gasteiger partial charge in [-0.2, -0.15) is 5.10 Å². The van der Waals surface area contributed by atoms with E-state index in [1.165, 1.54) is 16.9 Å². The lowest BCUT2D eigenvalue weighted by molar-refractivity contribution is -0.121. The first-order valence-electron chi connectivity index (χ1n) is 6.49. The highest BCUT2D eigenvalue weighted by Crippen LogP contribution is 1.96. The Morgan fingerprint density at radius 2 is 2.15 bits per heavy atom. The fourth-order valence-electron chi connectivity index (χ4n) is 1.95. The van der Waals surface area contributed by atoms with E-state index in [1.54, 1.807) is 0 Å². The second kappa shape index (κ2) is 7.01. The summed E-state index contributed by atoms with van der Waals surface area (Å²) in [6.07, 6.45) is 1.48. The molecule has 0 spiro atoms. The molecule has 0 bridgehead atoms. The Morgan fingerprint density at radius 1 is 1.40 bits per heavy atom. The summed E-state index contributed by atoms with van der Waals surface area (Å²) in [5, 5.41) is 15.3. The van der Waals surface area contributed by atoms with Crippen LogP contribution in [-0.4, -0.2) is 71.1 Å². The molecule has 1 aromatic heterocycles. The number of carboxylic acids is 1. The molecule has 0 saturated carbocycles. The summed E-state index contributed by atoms with van der Waals surface area (Å²) in [7, 11) is 0. The molecule has 1 amide bonds. The lowest BCUT2D eigenvalue weighted by atomic mass is 10.4. The smallest absolute Gasteiger partial charge is 0.356 e. The molecule has 0 radical (unpaired) electrons. The van der Waals surface area contributed by atoms with Gasteiger partial charge >= 0.3 is 5.97 Å². The normalized spacial score (nSPS) is 16.0. The zero-order valence-electron chi connectivity index (χ0n) is 11.1. The Bertz CT molecular complexity index is 468. The van der Waals surface area contributed by atoms with E-state index in [-0.39, 0.29) is 18.1 Å². The molecule has 1 aromatic rings. The summed E-state index contributed by atoms with van der Waals surface area (Å²) in [6, 6.07) is 1.36. The van der Waals surface area contributed by atoms with E-state index in [0.717, 1.165) is 32.8 Å². The number of amides is 1. The molecule has 2 rings (SSSR count). The highest BCUT2D eigenvalue weighted by atomic mass is 16.5. The number of aromatic carboxylic acids is 1. The van der Waals surface area contributed by atoms with Gasteiger partial charge in [0.05, 0.1) is 13.2 Å². The summed E-state index contributed by atoms with van der Waals surface area (Å²) in [5.41, 5.74) is -0.0638. The number of hydrogen-bond donors (Lipinski definition) is 2. The minimum absolute atomic E-state index is 0.0242. The number of ether oxygens (including phenoxy) is 1. The monoisotopic (exact) mass is 282 g/mol. The predicted molar refractivity (Wildman–Crippen MR) is 69.5 cm³/mol. The molecule has 8 heteroatoms. The number of rotatable bonds is 6. The zero-order valence-corrected chi connectivity index (χ0v) is 11.1. The topological polar surface area (TPSA) is 96.7 Å². The fourth-order valence-corrected chi connectivity index (χ4v) is 1.95. The van der Waals surface area contributed by atoms with Gasteiger partial charge in [0.1, 0.15) is 6.54 Å². The average Bonchev–Trinajstić information content (AvgIpc) is 2.88. The summed E-state index contributed by atoms with van der Waals surface area (Å²) in [5.74, 6) is -1.28. The third-order valence-electron chi connectivity index (χ3n) is 3.02. The molecule has 0 unspecified atom stereocenters. The van der Waals surface area contributed by atoms with Crippen LogP contribution in [0, 0.1) is 0 Å². The van der Waals surface area contributed by atoms with Crippen molar-refractivity contribution in [1.29, 1.82) is 0 Å². The van der Waals surface area contributed by atoms with Crippen LogP contribution in [0.4, 0.5) is 0 Å². The maximum absolute atomic E-state index is 11.7. The van der Waals surface area contributed by atoms with Crippen LogP contribution in [0.25, 0.3) is 0 Å². The van der Waals surface area contributed by atoms with E-state index in [0.29, 0.717) is 6.54 Å². The van der Waals surface area contributed by atoms with Crippen molar-refractivity contribution in [2.45, 2.75) is 6.54 Å². The minimum atomic E-state index is -1.10. The summed E-state index contributed by atoms with van der Waals surface area (Å²) in [4.78, 5) is 24.5. The number of carbonyl (C=O) groups is 2. The van der Waals surface area contributed by atoms with E-state index >= 15 is 0 Å². The maximum atomic E-state index is 11.7. The molecular weight excluding hydrogens is 264 g/mol. The lowest BCUT2D eigenvalue weighted by Crippen LogP contribution is -2.41. The Kier molecular flexibility index (Phi) is 5.08. The molecule has 0 aromatic carbocycles. The van der Waals surface area contributed by atoms with E-state index in [4.69, 9.17) is 9.84 Å². The highest BCUT2D eigenvalue weighted by Gasteiger charge is 2.11. The molecular formula is C12H18N4O4. The fraction of sp³-hybridized carbons (Fsp3) is 0.583. The zero-order chi connectivity index (χ0) is 14.4. The van der Waals surface area contributed by atoms with Gasteiger partial charge in [-0.25, -0.2) is 4.79 Å². The number of nitrogens with one attached hydrogen (secondary N) is 1. The second-order valence-corrected chi connectivity index (χ2v) is 4.51. The molecule has 2 heterocycles. The van der Waals surface area contributed by atoms with Crippen molar-refractivity contribution in [3.05, 3.63) is 18.0 Å². The third-order valence-corrected chi connectivity index (χ3v) is 3.02. The van der Waals surface area contributed by atoms with Crippen molar-refractivity contribution in [1.82, 2.24) is 20.0 Å².